The average Bonchev–Trinajstić information content (AvgIpc) is 2.27. The molecule has 1 aromatic heterocycles. The van der Waals surface area contributed by atoms with Crippen molar-refractivity contribution in [2.24, 2.45) is 5.41 Å². The van der Waals surface area contributed by atoms with E-state index in [2.05, 4.69) is 35.8 Å². The summed E-state index contributed by atoms with van der Waals surface area (Å²) < 4.78 is 26.6. The third-order valence-electron chi connectivity index (χ3n) is 2.46. The van der Waals surface area contributed by atoms with E-state index in [1.54, 1.807) is 7.05 Å². The standard InChI is InChI=1S/C12H21N3O2S/c1-12(2,3)6-8-15-18(16,17)10-5-7-14-11(9-10)13-4/h5,7,9,15H,6,8H2,1-4H3,(H,13,14). The fourth-order valence-corrected chi connectivity index (χ4v) is 2.40. The molecular weight excluding hydrogens is 250 g/mol. The number of hydrogen-bond donors (Lipinski definition) is 2. The SMILES string of the molecule is CNc1cc(S(=O)(=O)NCCC(C)(C)C)ccn1. The second-order valence-corrected chi connectivity index (χ2v) is 7.10. The van der Waals surface area contributed by atoms with Crippen molar-refractivity contribution in [1.29, 1.82) is 0 Å². The lowest BCUT2D eigenvalue weighted by atomic mass is 9.93. The van der Waals surface area contributed by atoms with Gasteiger partial charge in [0, 0.05) is 25.9 Å². The third-order valence-corrected chi connectivity index (χ3v) is 3.92. The number of aromatic nitrogens is 1. The highest BCUT2D eigenvalue weighted by Gasteiger charge is 2.16. The maximum absolute atomic E-state index is 12.0. The van der Waals surface area contributed by atoms with Crippen LogP contribution in [0.1, 0.15) is 27.2 Å². The molecule has 102 valence electrons. The molecule has 0 aliphatic heterocycles. The van der Waals surface area contributed by atoms with E-state index in [0.29, 0.717) is 12.4 Å². The summed E-state index contributed by atoms with van der Waals surface area (Å²) in [5.74, 6) is 0.536. The van der Waals surface area contributed by atoms with Gasteiger partial charge in [0.05, 0.1) is 4.90 Å². The Hall–Kier alpha value is -1.14. The van der Waals surface area contributed by atoms with Crippen LogP contribution in [0.2, 0.25) is 0 Å². The first kappa shape index (κ1) is 14.9. The fraction of sp³-hybridized carbons (Fsp3) is 0.583. The maximum Gasteiger partial charge on any atom is 0.240 e. The lowest BCUT2D eigenvalue weighted by Gasteiger charge is -2.18. The minimum atomic E-state index is -3.45. The van der Waals surface area contributed by atoms with Gasteiger partial charge in [0.2, 0.25) is 10.0 Å². The summed E-state index contributed by atoms with van der Waals surface area (Å²) in [5.41, 5.74) is 0.108. The summed E-state index contributed by atoms with van der Waals surface area (Å²) in [6.07, 6.45) is 2.26. The first-order valence-electron chi connectivity index (χ1n) is 5.88. The van der Waals surface area contributed by atoms with Gasteiger partial charge in [-0.05, 0) is 17.9 Å². The molecule has 0 saturated carbocycles. The Morgan fingerprint density at radius 3 is 2.56 bits per heavy atom. The number of sulfonamides is 1. The molecule has 6 heteroatoms. The summed E-state index contributed by atoms with van der Waals surface area (Å²) >= 11 is 0. The van der Waals surface area contributed by atoms with Gasteiger partial charge in [-0.2, -0.15) is 0 Å². The predicted molar refractivity (Wildman–Crippen MR) is 73.0 cm³/mol. The zero-order valence-electron chi connectivity index (χ0n) is 11.3. The highest BCUT2D eigenvalue weighted by Crippen LogP contribution is 2.18. The quantitative estimate of drug-likeness (QED) is 0.857. The molecule has 18 heavy (non-hydrogen) atoms. The summed E-state index contributed by atoms with van der Waals surface area (Å²) in [7, 11) is -1.75. The average molecular weight is 271 g/mol. The molecule has 0 radical (unpaired) electrons. The number of anilines is 1. The highest BCUT2D eigenvalue weighted by molar-refractivity contribution is 7.89. The first-order chi connectivity index (χ1) is 8.24. The van der Waals surface area contributed by atoms with Crippen molar-refractivity contribution < 1.29 is 8.42 Å². The van der Waals surface area contributed by atoms with Crippen LogP contribution in [0, 0.1) is 5.41 Å². The Labute approximate surface area is 109 Å². The molecule has 5 nitrogen and oxygen atoms in total. The van der Waals surface area contributed by atoms with Gasteiger partial charge in [0.1, 0.15) is 5.82 Å². The van der Waals surface area contributed by atoms with E-state index < -0.39 is 10.0 Å². The van der Waals surface area contributed by atoms with Crippen LogP contribution in [0.15, 0.2) is 23.2 Å². The van der Waals surface area contributed by atoms with Crippen molar-refractivity contribution in [3.8, 4) is 0 Å². The van der Waals surface area contributed by atoms with Gasteiger partial charge in [-0.3, -0.25) is 0 Å². The van der Waals surface area contributed by atoms with Crippen molar-refractivity contribution in [2.75, 3.05) is 18.9 Å². The summed E-state index contributed by atoms with van der Waals surface area (Å²) in [5, 5.41) is 2.82. The van der Waals surface area contributed by atoms with Crippen LogP contribution >= 0.6 is 0 Å². The zero-order chi connectivity index (χ0) is 13.8. The van der Waals surface area contributed by atoms with Crippen LogP contribution in [-0.4, -0.2) is 27.0 Å². The monoisotopic (exact) mass is 271 g/mol. The van der Waals surface area contributed by atoms with E-state index >= 15 is 0 Å². The van der Waals surface area contributed by atoms with Crippen molar-refractivity contribution >= 4 is 15.8 Å². The molecule has 0 fully saturated rings. The van der Waals surface area contributed by atoms with Gasteiger partial charge in [0.25, 0.3) is 0 Å². The molecule has 1 rings (SSSR count). The van der Waals surface area contributed by atoms with E-state index in [4.69, 9.17) is 0 Å². The summed E-state index contributed by atoms with van der Waals surface area (Å²) in [4.78, 5) is 4.22. The van der Waals surface area contributed by atoms with Gasteiger partial charge in [-0.25, -0.2) is 18.1 Å². The number of rotatable bonds is 5. The zero-order valence-corrected chi connectivity index (χ0v) is 12.1. The Kier molecular flexibility index (Phi) is 4.70. The largest absolute Gasteiger partial charge is 0.373 e. The van der Waals surface area contributed by atoms with Crippen LogP contribution in [0.25, 0.3) is 0 Å². The van der Waals surface area contributed by atoms with Crippen LogP contribution in [0.3, 0.4) is 0 Å². The Morgan fingerprint density at radius 1 is 1.33 bits per heavy atom. The topological polar surface area (TPSA) is 71.1 Å². The van der Waals surface area contributed by atoms with Crippen LogP contribution in [0.5, 0.6) is 0 Å². The molecule has 0 aliphatic rings. The van der Waals surface area contributed by atoms with Crippen molar-refractivity contribution in [2.45, 2.75) is 32.1 Å². The number of nitrogens with one attached hydrogen (secondary N) is 2. The van der Waals surface area contributed by atoms with Gasteiger partial charge in [-0.1, -0.05) is 20.8 Å². The number of hydrogen-bond acceptors (Lipinski definition) is 4. The van der Waals surface area contributed by atoms with Gasteiger partial charge < -0.3 is 5.32 Å². The van der Waals surface area contributed by atoms with Crippen LogP contribution in [0.4, 0.5) is 5.82 Å². The molecule has 1 heterocycles. The normalized spacial score (nSPS) is 12.4. The third kappa shape index (κ3) is 4.62. The van der Waals surface area contributed by atoms with E-state index in [9.17, 15) is 8.42 Å². The van der Waals surface area contributed by atoms with Crippen LogP contribution < -0.4 is 10.0 Å². The smallest absolute Gasteiger partial charge is 0.240 e. The molecule has 0 amide bonds. The number of pyridine rings is 1. The maximum atomic E-state index is 12.0. The molecule has 0 saturated heterocycles. The van der Waals surface area contributed by atoms with Gasteiger partial charge in [0.15, 0.2) is 0 Å². The lowest BCUT2D eigenvalue weighted by molar-refractivity contribution is 0.378. The van der Waals surface area contributed by atoms with E-state index in [-0.39, 0.29) is 10.3 Å². The Balaban J connectivity index is 2.74. The second kappa shape index (κ2) is 5.67. The fourth-order valence-electron chi connectivity index (χ4n) is 1.36. The van der Waals surface area contributed by atoms with Crippen molar-refractivity contribution in [1.82, 2.24) is 9.71 Å². The molecule has 0 unspecified atom stereocenters. The Bertz CT molecular complexity index is 492. The Morgan fingerprint density at radius 2 is 2.00 bits per heavy atom. The summed E-state index contributed by atoms with van der Waals surface area (Å²) in [6.45, 7) is 6.66. The van der Waals surface area contributed by atoms with Crippen molar-refractivity contribution in [3.63, 3.8) is 0 Å². The van der Waals surface area contributed by atoms with Crippen molar-refractivity contribution in [3.05, 3.63) is 18.3 Å². The minimum absolute atomic E-state index is 0.108. The predicted octanol–water partition coefficient (Wildman–Crippen LogP) is 1.84. The summed E-state index contributed by atoms with van der Waals surface area (Å²) in [6, 6.07) is 3.00. The van der Waals surface area contributed by atoms with Gasteiger partial charge in [-0.15, -0.1) is 0 Å². The van der Waals surface area contributed by atoms with Gasteiger partial charge >= 0.3 is 0 Å². The second-order valence-electron chi connectivity index (χ2n) is 5.34. The van der Waals surface area contributed by atoms with E-state index in [1.807, 2.05) is 0 Å². The molecule has 1 aromatic rings. The first-order valence-corrected chi connectivity index (χ1v) is 7.36. The number of nitrogens with zero attached hydrogens (tertiary/aromatic N) is 1. The lowest BCUT2D eigenvalue weighted by Crippen LogP contribution is -2.27. The molecule has 0 bridgehead atoms. The molecule has 0 aromatic carbocycles. The molecular formula is C12H21N3O2S. The van der Waals surface area contributed by atoms with Crippen LogP contribution in [-0.2, 0) is 10.0 Å². The molecule has 2 N–H and O–H groups in total. The van der Waals surface area contributed by atoms with E-state index in [1.165, 1.54) is 18.3 Å². The molecule has 0 atom stereocenters. The molecule has 0 aliphatic carbocycles. The van der Waals surface area contributed by atoms with E-state index in [0.717, 1.165) is 6.42 Å². The minimum Gasteiger partial charge on any atom is -0.373 e. The molecule has 0 spiro atoms. The highest BCUT2D eigenvalue weighted by atomic mass is 32.2.